The molecular formula is C18H16FNO. The van der Waals surface area contributed by atoms with E-state index in [1.54, 1.807) is 12.1 Å². The van der Waals surface area contributed by atoms with E-state index in [1.807, 2.05) is 18.2 Å². The van der Waals surface area contributed by atoms with Gasteiger partial charge in [0.25, 0.3) is 0 Å². The van der Waals surface area contributed by atoms with Gasteiger partial charge in [-0.15, -0.1) is 0 Å². The molecule has 3 aromatic rings. The van der Waals surface area contributed by atoms with Crippen molar-refractivity contribution in [2.45, 2.75) is 6.04 Å². The van der Waals surface area contributed by atoms with E-state index in [0.717, 1.165) is 10.9 Å². The second-order valence-corrected chi connectivity index (χ2v) is 4.98. The van der Waals surface area contributed by atoms with Gasteiger partial charge in [-0.2, -0.15) is 0 Å². The molecule has 0 aliphatic carbocycles. The minimum absolute atomic E-state index is 0.223. The van der Waals surface area contributed by atoms with Gasteiger partial charge in [-0.3, -0.25) is 0 Å². The Hall–Kier alpha value is -2.39. The van der Waals surface area contributed by atoms with E-state index < -0.39 is 0 Å². The summed E-state index contributed by atoms with van der Waals surface area (Å²) in [5.74, 6) is 0.341. The molecule has 3 rings (SSSR count). The van der Waals surface area contributed by atoms with Crippen LogP contribution in [0.4, 0.5) is 4.39 Å². The summed E-state index contributed by atoms with van der Waals surface area (Å²) in [6.45, 7) is 0.351. The molecule has 3 aromatic carbocycles. The van der Waals surface area contributed by atoms with Crippen molar-refractivity contribution in [1.29, 1.82) is 0 Å². The molecule has 1 atom stereocenters. The predicted octanol–water partition coefficient (Wildman–Crippen LogP) is 4.06. The molecule has 0 aromatic heterocycles. The lowest BCUT2D eigenvalue weighted by molar-refractivity contribution is 0.290. The van der Waals surface area contributed by atoms with E-state index in [0.29, 0.717) is 12.4 Å². The van der Waals surface area contributed by atoms with Gasteiger partial charge in [0, 0.05) is 0 Å². The van der Waals surface area contributed by atoms with Gasteiger partial charge >= 0.3 is 0 Å². The van der Waals surface area contributed by atoms with E-state index in [4.69, 9.17) is 10.5 Å². The Morgan fingerprint density at radius 1 is 0.905 bits per heavy atom. The maximum Gasteiger partial charge on any atom is 0.123 e. The van der Waals surface area contributed by atoms with Crippen molar-refractivity contribution in [3.63, 3.8) is 0 Å². The van der Waals surface area contributed by atoms with Crippen LogP contribution in [0, 0.1) is 5.82 Å². The predicted molar refractivity (Wildman–Crippen MR) is 82.8 cm³/mol. The summed E-state index contributed by atoms with van der Waals surface area (Å²) >= 11 is 0. The minimum atomic E-state index is -0.277. The highest BCUT2D eigenvalue weighted by Gasteiger charge is 2.08. The normalized spacial score (nSPS) is 12.3. The zero-order chi connectivity index (χ0) is 14.7. The summed E-state index contributed by atoms with van der Waals surface area (Å²) < 4.78 is 18.4. The van der Waals surface area contributed by atoms with Crippen molar-refractivity contribution < 1.29 is 9.13 Å². The molecule has 0 radical (unpaired) electrons. The number of nitrogens with two attached hydrogens (primary N) is 1. The number of hydrogen-bond donors (Lipinski definition) is 1. The van der Waals surface area contributed by atoms with Gasteiger partial charge in [-0.25, -0.2) is 4.39 Å². The molecule has 2 nitrogen and oxygen atoms in total. The number of hydrogen-bond acceptors (Lipinski definition) is 2. The average Bonchev–Trinajstić information content (AvgIpc) is 2.53. The maximum absolute atomic E-state index is 12.8. The second-order valence-electron chi connectivity index (χ2n) is 4.98. The van der Waals surface area contributed by atoms with Crippen LogP contribution in [0.15, 0.2) is 66.7 Å². The van der Waals surface area contributed by atoms with Crippen molar-refractivity contribution in [2.24, 2.45) is 5.73 Å². The molecular weight excluding hydrogens is 265 g/mol. The summed E-state index contributed by atoms with van der Waals surface area (Å²) in [4.78, 5) is 0. The van der Waals surface area contributed by atoms with Gasteiger partial charge in [-0.05, 0) is 46.7 Å². The van der Waals surface area contributed by atoms with Crippen LogP contribution < -0.4 is 10.5 Å². The number of halogens is 1. The van der Waals surface area contributed by atoms with Crippen LogP contribution in [-0.2, 0) is 0 Å². The van der Waals surface area contributed by atoms with Gasteiger partial charge in [-0.1, -0.05) is 36.4 Å². The van der Waals surface area contributed by atoms with E-state index in [2.05, 4.69) is 24.3 Å². The number of rotatable bonds is 4. The zero-order valence-corrected chi connectivity index (χ0v) is 11.5. The fourth-order valence-corrected chi connectivity index (χ4v) is 2.25. The Labute approximate surface area is 123 Å². The molecule has 21 heavy (non-hydrogen) atoms. The highest BCUT2D eigenvalue weighted by Crippen LogP contribution is 2.20. The molecule has 1 unspecified atom stereocenters. The van der Waals surface area contributed by atoms with E-state index in [-0.39, 0.29) is 11.9 Å². The van der Waals surface area contributed by atoms with Crippen LogP contribution in [0.5, 0.6) is 5.75 Å². The lowest BCUT2D eigenvalue weighted by atomic mass is 10.0. The monoisotopic (exact) mass is 281 g/mol. The summed E-state index contributed by atoms with van der Waals surface area (Å²) in [5, 5.41) is 2.35. The molecule has 106 valence electrons. The number of fused-ring (bicyclic) bond motifs is 1. The first-order valence-corrected chi connectivity index (χ1v) is 6.85. The fraction of sp³-hybridized carbons (Fsp3) is 0.111. The van der Waals surface area contributed by atoms with Gasteiger partial charge in [0.2, 0.25) is 0 Å². The highest BCUT2D eigenvalue weighted by atomic mass is 19.1. The first-order valence-electron chi connectivity index (χ1n) is 6.85. The largest absolute Gasteiger partial charge is 0.492 e. The van der Waals surface area contributed by atoms with Crippen molar-refractivity contribution >= 4 is 10.8 Å². The third-order valence-corrected chi connectivity index (χ3v) is 3.44. The molecule has 0 saturated carbocycles. The Bertz CT molecular complexity index is 740. The van der Waals surface area contributed by atoms with Crippen LogP contribution in [-0.4, -0.2) is 6.61 Å². The summed E-state index contributed by atoms with van der Waals surface area (Å²) in [7, 11) is 0. The number of ether oxygens (including phenoxy) is 1. The van der Waals surface area contributed by atoms with Gasteiger partial charge in [0.15, 0.2) is 0 Å². The topological polar surface area (TPSA) is 35.2 Å². The molecule has 0 spiro atoms. The Balaban J connectivity index is 1.71. The molecule has 0 saturated heterocycles. The Morgan fingerprint density at radius 2 is 1.62 bits per heavy atom. The van der Waals surface area contributed by atoms with Crippen LogP contribution in [0.2, 0.25) is 0 Å². The lowest BCUT2D eigenvalue weighted by Gasteiger charge is -2.14. The van der Waals surface area contributed by atoms with E-state index in [9.17, 15) is 4.39 Å². The summed E-state index contributed by atoms with van der Waals surface area (Å²) in [6, 6.07) is 20.0. The van der Waals surface area contributed by atoms with Crippen LogP contribution in [0.1, 0.15) is 11.6 Å². The second kappa shape index (κ2) is 5.94. The fourth-order valence-electron chi connectivity index (χ4n) is 2.25. The van der Waals surface area contributed by atoms with Crippen LogP contribution >= 0.6 is 0 Å². The molecule has 0 heterocycles. The first kappa shape index (κ1) is 13.6. The highest BCUT2D eigenvalue weighted by molar-refractivity contribution is 5.83. The lowest BCUT2D eigenvalue weighted by Crippen LogP contribution is -2.18. The van der Waals surface area contributed by atoms with Gasteiger partial charge < -0.3 is 10.5 Å². The zero-order valence-electron chi connectivity index (χ0n) is 11.5. The number of benzene rings is 3. The molecule has 0 fully saturated rings. The van der Waals surface area contributed by atoms with Crippen molar-refractivity contribution in [3.8, 4) is 5.75 Å². The smallest absolute Gasteiger partial charge is 0.123 e. The molecule has 0 aliphatic heterocycles. The van der Waals surface area contributed by atoms with E-state index in [1.165, 1.54) is 17.5 Å². The van der Waals surface area contributed by atoms with Crippen molar-refractivity contribution in [3.05, 3.63) is 78.1 Å². The Kier molecular flexibility index (Phi) is 3.84. The maximum atomic E-state index is 12.8. The minimum Gasteiger partial charge on any atom is -0.492 e. The summed E-state index contributed by atoms with van der Waals surface area (Å²) in [6.07, 6.45) is 0. The van der Waals surface area contributed by atoms with Gasteiger partial charge in [0.05, 0.1) is 6.04 Å². The molecule has 0 amide bonds. The Morgan fingerprint density at radius 3 is 2.38 bits per heavy atom. The average molecular weight is 281 g/mol. The SMILES string of the molecule is NC(COc1ccc(F)cc1)c1ccc2ccccc2c1. The van der Waals surface area contributed by atoms with E-state index >= 15 is 0 Å². The third-order valence-electron chi connectivity index (χ3n) is 3.44. The standard InChI is InChI=1S/C18H16FNO/c19-16-7-9-17(10-8-16)21-12-18(20)15-6-5-13-3-1-2-4-14(13)11-15/h1-11,18H,12,20H2. The van der Waals surface area contributed by atoms with Crippen molar-refractivity contribution in [1.82, 2.24) is 0 Å². The quantitative estimate of drug-likeness (QED) is 0.782. The third kappa shape index (κ3) is 3.20. The van der Waals surface area contributed by atoms with Crippen LogP contribution in [0.25, 0.3) is 10.8 Å². The molecule has 2 N–H and O–H groups in total. The van der Waals surface area contributed by atoms with Crippen molar-refractivity contribution in [2.75, 3.05) is 6.61 Å². The summed E-state index contributed by atoms with van der Waals surface area (Å²) in [5.41, 5.74) is 7.19. The first-order chi connectivity index (χ1) is 10.2. The van der Waals surface area contributed by atoms with Gasteiger partial charge in [0.1, 0.15) is 18.2 Å². The van der Waals surface area contributed by atoms with Crippen LogP contribution in [0.3, 0.4) is 0 Å². The molecule has 0 bridgehead atoms. The molecule has 0 aliphatic rings. The molecule has 3 heteroatoms.